The van der Waals surface area contributed by atoms with Crippen molar-refractivity contribution in [2.45, 2.75) is 31.6 Å². The van der Waals surface area contributed by atoms with E-state index in [1.54, 1.807) is 37.4 Å². The van der Waals surface area contributed by atoms with Crippen molar-refractivity contribution in [3.05, 3.63) is 53.6 Å². The molecule has 2 aromatic carbocycles. The number of methoxy groups -OCH3 is 1. The number of carbonyl (C=O) groups excluding carboxylic acids is 1. The molecule has 7 heteroatoms. The number of aryl methyl sites for hydroxylation is 1. The minimum Gasteiger partial charge on any atom is -0.497 e. The molecule has 0 aromatic heterocycles. The number of rotatable bonds is 5. The largest absolute Gasteiger partial charge is 0.497 e. The molecule has 2 aromatic rings. The number of likely N-dealkylation sites (tertiary alicyclic amines) is 1. The van der Waals surface area contributed by atoms with E-state index in [-0.39, 0.29) is 10.8 Å². The molecule has 0 aliphatic carbocycles. The maximum atomic E-state index is 12.9. The standard InChI is InChI=1S/C21H26N2O4S/c1-15-10-12-23(13-11-15)21(24)20-14-19(9-4-16(20)2)28(25,26)22-17-5-7-18(27-3)8-6-17/h4-9,14-15,22H,10-13H2,1-3H3. The van der Waals surface area contributed by atoms with Gasteiger partial charge in [-0.25, -0.2) is 8.42 Å². The van der Waals surface area contributed by atoms with Gasteiger partial charge in [0.1, 0.15) is 5.75 Å². The van der Waals surface area contributed by atoms with E-state index in [0.717, 1.165) is 18.4 Å². The molecule has 28 heavy (non-hydrogen) atoms. The minimum atomic E-state index is -3.81. The van der Waals surface area contributed by atoms with Gasteiger partial charge in [0.05, 0.1) is 12.0 Å². The molecule has 1 heterocycles. The van der Waals surface area contributed by atoms with Gasteiger partial charge in [-0.2, -0.15) is 0 Å². The summed E-state index contributed by atoms with van der Waals surface area (Å²) in [6, 6.07) is 11.3. The summed E-state index contributed by atoms with van der Waals surface area (Å²) < 4.78 is 33.2. The van der Waals surface area contributed by atoms with E-state index >= 15 is 0 Å². The van der Waals surface area contributed by atoms with Gasteiger partial charge in [-0.15, -0.1) is 0 Å². The Balaban J connectivity index is 1.83. The predicted octanol–water partition coefficient (Wildman–Crippen LogP) is 3.68. The molecule has 0 atom stereocenters. The lowest BCUT2D eigenvalue weighted by molar-refractivity contribution is 0.0696. The van der Waals surface area contributed by atoms with Crippen LogP contribution < -0.4 is 9.46 Å². The number of sulfonamides is 1. The predicted molar refractivity (Wildman–Crippen MR) is 109 cm³/mol. The second kappa shape index (κ2) is 8.22. The Labute approximate surface area is 166 Å². The number of ether oxygens (including phenoxy) is 1. The fraction of sp³-hybridized carbons (Fsp3) is 0.381. The monoisotopic (exact) mass is 402 g/mol. The minimum absolute atomic E-state index is 0.0719. The molecule has 1 aliphatic heterocycles. The highest BCUT2D eigenvalue weighted by molar-refractivity contribution is 7.92. The van der Waals surface area contributed by atoms with Gasteiger partial charge in [0.15, 0.2) is 0 Å². The lowest BCUT2D eigenvalue weighted by Crippen LogP contribution is -2.38. The first-order chi connectivity index (χ1) is 13.3. The van der Waals surface area contributed by atoms with Crippen molar-refractivity contribution in [2.24, 2.45) is 5.92 Å². The summed E-state index contributed by atoms with van der Waals surface area (Å²) in [5.74, 6) is 1.15. The van der Waals surface area contributed by atoms with Crippen LogP contribution in [0.1, 0.15) is 35.7 Å². The van der Waals surface area contributed by atoms with Crippen molar-refractivity contribution >= 4 is 21.6 Å². The SMILES string of the molecule is COc1ccc(NS(=O)(=O)c2ccc(C)c(C(=O)N3CCC(C)CC3)c2)cc1. The van der Waals surface area contributed by atoms with E-state index in [9.17, 15) is 13.2 Å². The van der Waals surface area contributed by atoms with Gasteiger partial charge in [-0.1, -0.05) is 13.0 Å². The quantitative estimate of drug-likeness (QED) is 0.828. The third-order valence-corrected chi connectivity index (χ3v) is 6.54. The molecular formula is C21H26N2O4S. The second-order valence-corrected chi connectivity index (χ2v) is 8.97. The summed E-state index contributed by atoms with van der Waals surface area (Å²) >= 11 is 0. The molecule has 6 nitrogen and oxygen atoms in total. The number of hydrogen-bond acceptors (Lipinski definition) is 4. The molecule has 1 saturated heterocycles. The van der Waals surface area contributed by atoms with Crippen LogP contribution in [0.4, 0.5) is 5.69 Å². The van der Waals surface area contributed by atoms with Crippen LogP contribution in [0.25, 0.3) is 0 Å². The van der Waals surface area contributed by atoms with Crippen molar-refractivity contribution in [1.82, 2.24) is 4.90 Å². The van der Waals surface area contributed by atoms with E-state index in [1.807, 2.05) is 11.8 Å². The number of carbonyl (C=O) groups is 1. The van der Waals surface area contributed by atoms with Crippen molar-refractivity contribution in [1.29, 1.82) is 0 Å². The van der Waals surface area contributed by atoms with Gasteiger partial charge in [0.2, 0.25) is 0 Å². The molecule has 1 amide bonds. The number of nitrogens with zero attached hydrogens (tertiary/aromatic N) is 1. The number of piperidine rings is 1. The number of amides is 1. The van der Waals surface area contributed by atoms with Gasteiger partial charge in [0.25, 0.3) is 15.9 Å². The molecule has 3 rings (SSSR count). The summed E-state index contributed by atoms with van der Waals surface area (Å²) in [4.78, 5) is 14.8. The van der Waals surface area contributed by atoms with Crippen LogP contribution in [-0.2, 0) is 10.0 Å². The highest BCUT2D eigenvalue weighted by Crippen LogP contribution is 2.24. The lowest BCUT2D eigenvalue weighted by atomic mass is 9.98. The van der Waals surface area contributed by atoms with Gasteiger partial charge < -0.3 is 9.64 Å². The topological polar surface area (TPSA) is 75.7 Å². The number of benzene rings is 2. The summed E-state index contributed by atoms with van der Waals surface area (Å²) in [6.07, 6.45) is 1.95. The third-order valence-electron chi connectivity index (χ3n) is 5.16. The highest BCUT2D eigenvalue weighted by atomic mass is 32.2. The Kier molecular flexibility index (Phi) is 5.93. The lowest BCUT2D eigenvalue weighted by Gasteiger charge is -2.30. The van der Waals surface area contributed by atoms with E-state index in [1.165, 1.54) is 12.1 Å². The molecule has 0 saturated carbocycles. The van der Waals surface area contributed by atoms with Gasteiger partial charge in [-0.05, 0) is 67.6 Å². The van der Waals surface area contributed by atoms with Crippen LogP contribution in [0.5, 0.6) is 5.75 Å². The number of nitrogens with one attached hydrogen (secondary N) is 1. The van der Waals surface area contributed by atoms with Crippen LogP contribution in [0, 0.1) is 12.8 Å². The van der Waals surface area contributed by atoms with E-state index in [2.05, 4.69) is 11.6 Å². The maximum absolute atomic E-state index is 12.9. The molecule has 1 N–H and O–H groups in total. The molecule has 0 spiro atoms. The summed E-state index contributed by atoms with van der Waals surface area (Å²) in [5, 5.41) is 0. The maximum Gasteiger partial charge on any atom is 0.261 e. The van der Waals surface area contributed by atoms with Crippen molar-refractivity contribution in [3.8, 4) is 5.75 Å². The zero-order valence-corrected chi connectivity index (χ0v) is 17.3. The summed E-state index contributed by atoms with van der Waals surface area (Å²) in [7, 11) is -2.26. The Bertz CT molecular complexity index is 947. The van der Waals surface area contributed by atoms with Crippen LogP contribution in [0.3, 0.4) is 0 Å². The van der Waals surface area contributed by atoms with Crippen LogP contribution in [0.15, 0.2) is 47.4 Å². The van der Waals surface area contributed by atoms with E-state index in [0.29, 0.717) is 36.0 Å². The molecular weight excluding hydrogens is 376 g/mol. The Morgan fingerprint density at radius 3 is 2.36 bits per heavy atom. The Hall–Kier alpha value is -2.54. The van der Waals surface area contributed by atoms with Crippen molar-refractivity contribution < 1.29 is 17.9 Å². The smallest absolute Gasteiger partial charge is 0.261 e. The van der Waals surface area contributed by atoms with E-state index < -0.39 is 10.0 Å². The number of hydrogen-bond donors (Lipinski definition) is 1. The molecule has 0 radical (unpaired) electrons. The Morgan fingerprint density at radius 2 is 1.75 bits per heavy atom. The average molecular weight is 403 g/mol. The summed E-state index contributed by atoms with van der Waals surface area (Å²) in [6.45, 7) is 5.43. The van der Waals surface area contributed by atoms with E-state index in [4.69, 9.17) is 4.74 Å². The first-order valence-electron chi connectivity index (χ1n) is 9.37. The van der Waals surface area contributed by atoms with Crippen molar-refractivity contribution in [2.75, 3.05) is 24.9 Å². The molecule has 0 unspecified atom stereocenters. The normalized spacial score (nSPS) is 15.3. The van der Waals surface area contributed by atoms with Crippen LogP contribution in [-0.4, -0.2) is 39.4 Å². The molecule has 1 aliphatic rings. The number of anilines is 1. The first-order valence-corrected chi connectivity index (χ1v) is 10.9. The van der Waals surface area contributed by atoms with Gasteiger partial charge >= 0.3 is 0 Å². The fourth-order valence-corrected chi connectivity index (χ4v) is 4.34. The molecule has 0 bridgehead atoms. The fourth-order valence-electron chi connectivity index (χ4n) is 3.25. The van der Waals surface area contributed by atoms with Crippen molar-refractivity contribution in [3.63, 3.8) is 0 Å². The second-order valence-electron chi connectivity index (χ2n) is 7.29. The zero-order valence-electron chi connectivity index (χ0n) is 16.4. The Morgan fingerprint density at radius 1 is 1.11 bits per heavy atom. The molecule has 1 fully saturated rings. The third kappa shape index (κ3) is 4.47. The van der Waals surface area contributed by atoms with Crippen LogP contribution in [0.2, 0.25) is 0 Å². The first kappa shape index (κ1) is 20.2. The summed E-state index contributed by atoms with van der Waals surface area (Å²) in [5.41, 5.74) is 1.64. The van der Waals surface area contributed by atoms with Gasteiger partial charge in [0, 0.05) is 24.3 Å². The zero-order chi connectivity index (χ0) is 20.3. The average Bonchev–Trinajstić information content (AvgIpc) is 2.68. The highest BCUT2D eigenvalue weighted by Gasteiger charge is 2.24. The molecule has 150 valence electrons. The van der Waals surface area contributed by atoms with Crippen LogP contribution >= 0.6 is 0 Å². The van der Waals surface area contributed by atoms with Gasteiger partial charge in [-0.3, -0.25) is 9.52 Å².